The van der Waals surface area contributed by atoms with E-state index in [1.165, 1.54) is 12.8 Å². The van der Waals surface area contributed by atoms with E-state index in [9.17, 15) is 0 Å². The lowest BCUT2D eigenvalue weighted by atomic mass is 10.1. The monoisotopic (exact) mass is 291 g/mol. The Morgan fingerprint density at radius 2 is 2.25 bits per heavy atom. The lowest BCUT2D eigenvalue weighted by Crippen LogP contribution is -2.03. The van der Waals surface area contributed by atoms with Crippen molar-refractivity contribution in [3.05, 3.63) is 22.7 Å². The minimum atomic E-state index is 0.139. The largest absolute Gasteiger partial charge is 0.396 e. The average Bonchev–Trinajstić information content (AvgIpc) is 3.27. The fourth-order valence-electron chi connectivity index (χ4n) is 1.81. The Morgan fingerprint density at radius 3 is 2.90 bits per heavy atom. The van der Waals surface area contributed by atoms with E-state index in [1.54, 1.807) is 0 Å². The highest BCUT2D eigenvalue weighted by Crippen LogP contribution is 2.37. The molecule has 0 atom stereocenters. The summed E-state index contributed by atoms with van der Waals surface area (Å²) in [5.74, 6) is 6.66. The molecule has 1 aliphatic carbocycles. The SMILES string of the molecule is N=Nc1c(NCC2CC2)ccc(C#CCCCO)c1Cl. The molecule has 0 aromatic heterocycles. The number of hydrogen-bond acceptors (Lipinski definition) is 4. The molecule has 1 aromatic carbocycles. The van der Waals surface area contributed by atoms with Crippen LogP contribution < -0.4 is 5.32 Å². The van der Waals surface area contributed by atoms with Gasteiger partial charge in [-0.2, -0.15) is 5.11 Å². The Morgan fingerprint density at radius 1 is 1.45 bits per heavy atom. The van der Waals surface area contributed by atoms with Crippen LogP contribution in [0.15, 0.2) is 17.2 Å². The van der Waals surface area contributed by atoms with Gasteiger partial charge in [0.25, 0.3) is 0 Å². The van der Waals surface area contributed by atoms with Crippen molar-refractivity contribution in [2.24, 2.45) is 11.0 Å². The van der Waals surface area contributed by atoms with Gasteiger partial charge in [-0.25, -0.2) is 5.53 Å². The van der Waals surface area contributed by atoms with Crippen LogP contribution in [0.25, 0.3) is 0 Å². The molecule has 4 nitrogen and oxygen atoms in total. The van der Waals surface area contributed by atoms with Crippen molar-refractivity contribution in [1.82, 2.24) is 0 Å². The number of aliphatic hydroxyl groups excluding tert-OH is 1. The summed E-state index contributed by atoms with van der Waals surface area (Å²) in [7, 11) is 0. The topological polar surface area (TPSA) is 68.5 Å². The number of unbranched alkanes of at least 4 members (excludes halogenated alkanes) is 1. The Labute approximate surface area is 124 Å². The predicted molar refractivity (Wildman–Crippen MR) is 80.7 cm³/mol. The van der Waals surface area contributed by atoms with Crippen molar-refractivity contribution in [2.45, 2.75) is 25.7 Å². The molecule has 0 amide bonds. The van der Waals surface area contributed by atoms with E-state index in [0.29, 0.717) is 29.1 Å². The average molecular weight is 292 g/mol. The number of nitrogens with zero attached hydrogens (tertiary/aromatic N) is 1. The molecule has 0 radical (unpaired) electrons. The first-order valence-electron chi connectivity index (χ1n) is 6.79. The van der Waals surface area contributed by atoms with Gasteiger partial charge in [-0.05, 0) is 37.3 Å². The molecule has 0 unspecified atom stereocenters. The first kappa shape index (κ1) is 14.8. The molecule has 0 aliphatic heterocycles. The van der Waals surface area contributed by atoms with Crippen molar-refractivity contribution in [3.63, 3.8) is 0 Å². The Kier molecular flexibility index (Phi) is 5.40. The van der Waals surface area contributed by atoms with Gasteiger partial charge in [0.2, 0.25) is 0 Å². The maximum Gasteiger partial charge on any atom is 0.128 e. The van der Waals surface area contributed by atoms with Gasteiger partial charge in [-0.1, -0.05) is 23.4 Å². The molecule has 1 fully saturated rings. The van der Waals surface area contributed by atoms with E-state index in [-0.39, 0.29) is 6.61 Å². The van der Waals surface area contributed by atoms with E-state index in [1.807, 2.05) is 12.1 Å². The molecule has 0 heterocycles. The second-order valence-electron chi connectivity index (χ2n) is 4.89. The highest BCUT2D eigenvalue weighted by molar-refractivity contribution is 6.34. The van der Waals surface area contributed by atoms with Crippen LogP contribution in [-0.2, 0) is 0 Å². The number of anilines is 1. The maximum atomic E-state index is 8.70. The first-order valence-corrected chi connectivity index (χ1v) is 7.17. The van der Waals surface area contributed by atoms with Crippen molar-refractivity contribution in [2.75, 3.05) is 18.5 Å². The molecule has 1 aliphatic rings. The molecule has 0 spiro atoms. The molecular weight excluding hydrogens is 274 g/mol. The Hall–Kier alpha value is -1.57. The first-order chi connectivity index (χ1) is 9.76. The molecule has 20 heavy (non-hydrogen) atoms. The van der Waals surface area contributed by atoms with Crippen LogP contribution >= 0.6 is 11.6 Å². The van der Waals surface area contributed by atoms with Gasteiger partial charge in [-0.15, -0.1) is 0 Å². The number of aliphatic hydroxyl groups is 1. The minimum absolute atomic E-state index is 0.139. The standard InChI is InChI=1S/C15H18ClN3O/c16-14-12(4-2-1-3-9-20)7-8-13(15(14)19-17)18-10-11-5-6-11/h7-8,11,17-18,20H,1,3,5-6,9-10H2. The quantitative estimate of drug-likeness (QED) is 0.422. The van der Waals surface area contributed by atoms with Gasteiger partial charge in [0.15, 0.2) is 0 Å². The van der Waals surface area contributed by atoms with E-state index in [2.05, 4.69) is 22.3 Å². The smallest absolute Gasteiger partial charge is 0.128 e. The van der Waals surface area contributed by atoms with Crippen LogP contribution in [0.5, 0.6) is 0 Å². The van der Waals surface area contributed by atoms with Crippen LogP contribution in [0.3, 0.4) is 0 Å². The molecule has 1 saturated carbocycles. The summed E-state index contributed by atoms with van der Waals surface area (Å²) in [4.78, 5) is 0. The van der Waals surface area contributed by atoms with Crippen molar-refractivity contribution >= 4 is 23.0 Å². The zero-order valence-electron chi connectivity index (χ0n) is 11.2. The van der Waals surface area contributed by atoms with Gasteiger partial charge < -0.3 is 10.4 Å². The Balaban J connectivity index is 2.13. The minimum Gasteiger partial charge on any atom is -0.396 e. The molecule has 0 bridgehead atoms. The van der Waals surface area contributed by atoms with Gasteiger partial charge in [0, 0.05) is 25.1 Å². The third kappa shape index (κ3) is 3.96. The third-order valence-corrected chi connectivity index (χ3v) is 3.57. The molecule has 1 aromatic rings. The number of nitrogens with one attached hydrogen (secondary N) is 2. The summed E-state index contributed by atoms with van der Waals surface area (Å²) in [6.45, 7) is 1.04. The highest BCUT2D eigenvalue weighted by Gasteiger charge is 2.21. The maximum absolute atomic E-state index is 8.70. The van der Waals surface area contributed by atoms with Gasteiger partial charge in [0.05, 0.1) is 10.7 Å². The number of hydrogen-bond donors (Lipinski definition) is 3. The van der Waals surface area contributed by atoms with Crippen LogP contribution in [0, 0.1) is 23.3 Å². The normalized spacial score (nSPS) is 13.5. The van der Waals surface area contributed by atoms with Crippen molar-refractivity contribution < 1.29 is 5.11 Å². The summed E-state index contributed by atoms with van der Waals surface area (Å²) in [5.41, 5.74) is 9.19. The number of halogens is 1. The zero-order chi connectivity index (χ0) is 14.4. The summed E-state index contributed by atoms with van der Waals surface area (Å²) >= 11 is 6.25. The Bertz CT molecular complexity index is 544. The van der Waals surface area contributed by atoms with Gasteiger partial charge in [0.1, 0.15) is 5.69 Å². The highest BCUT2D eigenvalue weighted by atomic mass is 35.5. The summed E-state index contributed by atoms with van der Waals surface area (Å²) in [6, 6.07) is 3.72. The zero-order valence-corrected chi connectivity index (χ0v) is 12.0. The third-order valence-electron chi connectivity index (χ3n) is 3.19. The molecule has 106 valence electrons. The van der Waals surface area contributed by atoms with Crippen LogP contribution in [0.1, 0.15) is 31.2 Å². The fraction of sp³-hybridized carbons (Fsp3) is 0.467. The van der Waals surface area contributed by atoms with Crippen molar-refractivity contribution in [3.8, 4) is 11.8 Å². The van der Waals surface area contributed by atoms with E-state index in [0.717, 1.165) is 18.2 Å². The van der Waals surface area contributed by atoms with Crippen LogP contribution in [0.4, 0.5) is 11.4 Å². The second kappa shape index (κ2) is 7.28. The summed E-state index contributed by atoms with van der Waals surface area (Å²) in [6.07, 6.45) is 3.81. The molecule has 0 saturated heterocycles. The molecule has 2 rings (SSSR count). The summed E-state index contributed by atoms with van der Waals surface area (Å²) in [5, 5.41) is 15.9. The lowest BCUT2D eigenvalue weighted by Gasteiger charge is -2.10. The molecule has 3 N–H and O–H groups in total. The fourth-order valence-corrected chi connectivity index (χ4v) is 2.07. The van der Waals surface area contributed by atoms with Gasteiger partial charge in [-0.3, -0.25) is 0 Å². The number of rotatable bonds is 6. The van der Waals surface area contributed by atoms with E-state index >= 15 is 0 Å². The molecular formula is C15H18ClN3O. The lowest BCUT2D eigenvalue weighted by molar-refractivity contribution is 0.290. The van der Waals surface area contributed by atoms with E-state index in [4.69, 9.17) is 22.2 Å². The van der Waals surface area contributed by atoms with Crippen LogP contribution in [-0.4, -0.2) is 18.3 Å². The molecule has 5 heteroatoms. The van der Waals surface area contributed by atoms with Gasteiger partial charge >= 0.3 is 0 Å². The van der Waals surface area contributed by atoms with E-state index < -0.39 is 0 Å². The predicted octanol–water partition coefficient (Wildman–Crippen LogP) is 3.95. The van der Waals surface area contributed by atoms with Crippen LogP contribution in [0.2, 0.25) is 5.02 Å². The van der Waals surface area contributed by atoms with Crippen molar-refractivity contribution in [1.29, 1.82) is 5.53 Å². The second-order valence-corrected chi connectivity index (χ2v) is 5.27. The number of benzene rings is 1. The summed E-state index contributed by atoms with van der Waals surface area (Å²) < 4.78 is 0.